The molecule has 0 heterocycles. The average Bonchev–Trinajstić information content (AvgIpc) is 2.37. The maximum absolute atomic E-state index is 8.71. The summed E-state index contributed by atoms with van der Waals surface area (Å²) in [5.74, 6) is 0.164. The van der Waals surface area contributed by atoms with Crippen LogP contribution in [0.5, 0.6) is 0 Å². The first-order valence-electron chi connectivity index (χ1n) is 6.47. The summed E-state index contributed by atoms with van der Waals surface area (Å²) in [5.41, 5.74) is 8.64. The minimum absolute atomic E-state index is 0.164. The quantitative estimate of drug-likeness (QED) is 0.353. The average molecular weight is 249 g/mol. The van der Waals surface area contributed by atoms with Gasteiger partial charge in [0.05, 0.1) is 0 Å². The second-order valence-corrected chi connectivity index (χ2v) is 4.47. The van der Waals surface area contributed by atoms with Crippen LogP contribution >= 0.6 is 0 Å². The molecule has 0 aliphatic rings. The molecule has 0 aliphatic carbocycles. The summed E-state index contributed by atoms with van der Waals surface area (Å²) in [5, 5.41) is 11.8. The minimum Gasteiger partial charge on any atom is -0.409 e. The molecule has 4 nitrogen and oxygen atoms in total. The van der Waals surface area contributed by atoms with E-state index in [2.05, 4.69) is 30.0 Å². The lowest BCUT2D eigenvalue weighted by Crippen LogP contribution is -2.25. The molecule has 0 fully saturated rings. The van der Waals surface area contributed by atoms with Crippen molar-refractivity contribution in [3.63, 3.8) is 0 Å². The van der Waals surface area contributed by atoms with E-state index in [0.717, 1.165) is 37.1 Å². The monoisotopic (exact) mass is 249 g/mol. The molecule has 3 N–H and O–H groups in total. The summed E-state index contributed by atoms with van der Waals surface area (Å²) in [4.78, 5) is 2.36. The van der Waals surface area contributed by atoms with Crippen LogP contribution in [0.25, 0.3) is 0 Å². The number of nitrogens with two attached hydrogens (primary N) is 1. The molecule has 0 radical (unpaired) electrons. The Labute approximate surface area is 109 Å². The van der Waals surface area contributed by atoms with Crippen molar-refractivity contribution in [1.29, 1.82) is 0 Å². The van der Waals surface area contributed by atoms with Crippen molar-refractivity contribution < 1.29 is 5.21 Å². The van der Waals surface area contributed by atoms with Crippen LogP contribution in [-0.2, 0) is 0 Å². The zero-order valence-electron chi connectivity index (χ0n) is 11.5. The number of nitrogens with zero attached hydrogens (tertiary/aromatic N) is 2. The lowest BCUT2D eigenvalue weighted by atomic mass is 10.1. The van der Waals surface area contributed by atoms with E-state index in [1.807, 2.05) is 19.1 Å². The van der Waals surface area contributed by atoms with Crippen LogP contribution in [0.1, 0.15) is 37.8 Å². The number of anilines is 1. The highest BCUT2D eigenvalue weighted by atomic mass is 16.4. The van der Waals surface area contributed by atoms with Gasteiger partial charge in [0.15, 0.2) is 5.84 Å². The van der Waals surface area contributed by atoms with Crippen LogP contribution in [0.2, 0.25) is 0 Å². The number of amidine groups is 1. The zero-order valence-corrected chi connectivity index (χ0v) is 11.5. The molecule has 1 aromatic carbocycles. The van der Waals surface area contributed by atoms with Gasteiger partial charge in [0.1, 0.15) is 0 Å². The van der Waals surface area contributed by atoms with Crippen molar-refractivity contribution in [2.45, 2.75) is 33.6 Å². The Morgan fingerprint density at radius 3 is 2.33 bits per heavy atom. The molecule has 0 atom stereocenters. The lowest BCUT2D eigenvalue weighted by Gasteiger charge is -2.24. The molecule has 0 spiro atoms. The molecular weight excluding hydrogens is 226 g/mol. The van der Waals surface area contributed by atoms with Crippen molar-refractivity contribution in [1.82, 2.24) is 0 Å². The zero-order chi connectivity index (χ0) is 13.5. The molecule has 0 unspecified atom stereocenters. The normalized spacial score (nSPS) is 11.6. The van der Waals surface area contributed by atoms with Gasteiger partial charge in [0.25, 0.3) is 0 Å². The minimum atomic E-state index is 0.164. The summed E-state index contributed by atoms with van der Waals surface area (Å²) in [6.07, 6.45) is 2.25. The molecule has 18 heavy (non-hydrogen) atoms. The maximum atomic E-state index is 8.71. The maximum Gasteiger partial charge on any atom is 0.170 e. The number of aryl methyl sites for hydroxylation is 1. The molecule has 0 aromatic heterocycles. The molecule has 0 bridgehead atoms. The van der Waals surface area contributed by atoms with Gasteiger partial charge < -0.3 is 15.8 Å². The Kier molecular flexibility index (Phi) is 5.49. The van der Waals surface area contributed by atoms with Crippen molar-refractivity contribution in [2.24, 2.45) is 10.9 Å². The largest absolute Gasteiger partial charge is 0.409 e. The lowest BCUT2D eigenvalue weighted by molar-refractivity contribution is 0.318. The fourth-order valence-corrected chi connectivity index (χ4v) is 2.10. The van der Waals surface area contributed by atoms with Crippen LogP contribution < -0.4 is 10.6 Å². The van der Waals surface area contributed by atoms with Gasteiger partial charge in [0.2, 0.25) is 0 Å². The van der Waals surface area contributed by atoms with E-state index in [0.29, 0.717) is 0 Å². The summed E-state index contributed by atoms with van der Waals surface area (Å²) in [6.45, 7) is 8.44. The molecule has 0 saturated heterocycles. The van der Waals surface area contributed by atoms with Gasteiger partial charge in [-0.3, -0.25) is 0 Å². The fraction of sp³-hybridized carbons (Fsp3) is 0.500. The first-order valence-corrected chi connectivity index (χ1v) is 6.47. The summed E-state index contributed by atoms with van der Waals surface area (Å²) < 4.78 is 0. The number of benzene rings is 1. The third-order valence-corrected chi connectivity index (χ3v) is 2.95. The van der Waals surface area contributed by atoms with Crippen molar-refractivity contribution in [2.75, 3.05) is 18.0 Å². The van der Waals surface area contributed by atoms with Gasteiger partial charge in [0, 0.05) is 24.3 Å². The third kappa shape index (κ3) is 3.39. The third-order valence-electron chi connectivity index (χ3n) is 2.95. The summed E-state index contributed by atoms with van der Waals surface area (Å²) >= 11 is 0. The molecule has 0 amide bonds. The van der Waals surface area contributed by atoms with E-state index in [4.69, 9.17) is 10.9 Å². The summed E-state index contributed by atoms with van der Waals surface area (Å²) in [6, 6.07) is 6.04. The Balaban J connectivity index is 3.01. The highest BCUT2D eigenvalue weighted by molar-refractivity contribution is 5.98. The van der Waals surface area contributed by atoms with Gasteiger partial charge >= 0.3 is 0 Å². The Hall–Kier alpha value is -1.71. The SMILES string of the molecule is CCCN(CCC)c1ccc(/C(N)=N/O)c(C)c1. The first kappa shape index (κ1) is 14.4. The number of rotatable bonds is 6. The van der Waals surface area contributed by atoms with Crippen molar-refractivity contribution >= 4 is 11.5 Å². The van der Waals surface area contributed by atoms with Gasteiger partial charge in [-0.2, -0.15) is 0 Å². The molecule has 0 saturated carbocycles. The van der Waals surface area contributed by atoms with Crippen LogP contribution in [0.3, 0.4) is 0 Å². The fourth-order valence-electron chi connectivity index (χ4n) is 2.10. The second kappa shape index (κ2) is 6.89. The first-order chi connectivity index (χ1) is 8.63. The topological polar surface area (TPSA) is 61.8 Å². The second-order valence-electron chi connectivity index (χ2n) is 4.47. The van der Waals surface area contributed by atoms with E-state index >= 15 is 0 Å². The smallest absolute Gasteiger partial charge is 0.170 e. The van der Waals surface area contributed by atoms with Gasteiger partial charge in [-0.25, -0.2) is 0 Å². The van der Waals surface area contributed by atoms with Crippen LogP contribution in [0.4, 0.5) is 5.69 Å². The standard InChI is InChI=1S/C14H23N3O/c1-4-8-17(9-5-2)12-6-7-13(11(3)10-12)14(15)16-18/h6-7,10,18H,4-5,8-9H2,1-3H3,(H2,15,16). The molecular formula is C14H23N3O. The van der Waals surface area contributed by atoms with Gasteiger partial charge in [-0.15, -0.1) is 0 Å². The van der Waals surface area contributed by atoms with Gasteiger partial charge in [-0.1, -0.05) is 19.0 Å². The Morgan fingerprint density at radius 1 is 1.28 bits per heavy atom. The number of hydrogen-bond acceptors (Lipinski definition) is 3. The number of hydrogen-bond donors (Lipinski definition) is 2. The van der Waals surface area contributed by atoms with Crippen molar-refractivity contribution in [3.8, 4) is 0 Å². The van der Waals surface area contributed by atoms with Gasteiger partial charge in [-0.05, 0) is 43.5 Å². The summed E-state index contributed by atoms with van der Waals surface area (Å²) in [7, 11) is 0. The predicted octanol–water partition coefficient (Wildman–Crippen LogP) is 2.72. The van der Waals surface area contributed by atoms with Crippen LogP contribution in [0.15, 0.2) is 23.4 Å². The molecule has 0 aliphatic heterocycles. The van der Waals surface area contributed by atoms with Crippen LogP contribution in [0, 0.1) is 6.92 Å². The Morgan fingerprint density at radius 2 is 1.89 bits per heavy atom. The molecule has 4 heteroatoms. The molecule has 1 aromatic rings. The Bertz CT molecular complexity index is 410. The predicted molar refractivity (Wildman–Crippen MR) is 76.5 cm³/mol. The van der Waals surface area contributed by atoms with E-state index in [1.165, 1.54) is 5.69 Å². The van der Waals surface area contributed by atoms with E-state index in [-0.39, 0.29) is 5.84 Å². The number of oxime groups is 1. The van der Waals surface area contributed by atoms with Crippen molar-refractivity contribution in [3.05, 3.63) is 29.3 Å². The van der Waals surface area contributed by atoms with E-state index in [9.17, 15) is 0 Å². The highest BCUT2D eigenvalue weighted by Gasteiger charge is 2.08. The molecule has 100 valence electrons. The molecule has 1 rings (SSSR count). The van der Waals surface area contributed by atoms with E-state index < -0.39 is 0 Å². The van der Waals surface area contributed by atoms with Crippen LogP contribution in [-0.4, -0.2) is 24.1 Å². The highest BCUT2D eigenvalue weighted by Crippen LogP contribution is 2.20. The van der Waals surface area contributed by atoms with E-state index in [1.54, 1.807) is 0 Å².